The number of hydrogen-bond donors (Lipinski definition) is 1. The molecule has 4 heteroatoms. The van der Waals surface area contributed by atoms with Gasteiger partial charge in [-0.3, -0.25) is 4.90 Å². The van der Waals surface area contributed by atoms with Crippen molar-refractivity contribution < 1.29 is 9.47 Å². The number of rotatable bonds is 7. The van der Waals surface area contributed by atoms with Crippen LogP contribution in [0, 0.1) is 0 Å². The second-order valence-electron chi connectivity index (χ2n) is 7.31. The Balaban J connectivity index is 1.55. The Labute approximate surface area is 173 Å². The Morgan fingerprint density at radius 1 is 0.828 bits per heavy atom. The lowest BCUT2D eigenvalue weighted by Gasteiger charge is -2.35. The summed E-state index contributed by atoms with van der Waals surface area (Å²) in [5.74, 6) is 1.78. The normalized spacial score (nSPS) is 15.6. The van der Waals surface area contributed by atoms with Gasteiger partial charge in [0.1, 0.15) is 18.1 Å². The number of hydrogen-bond acceptors (Lipinski definition) is 4. The van der Waals surface area contributed by atoms with E-state index >= 15 is 0 Å². The van der Waals surface area contributed by atoms with Crippen LogP contribution >= 0.6 is 0 Å². The van der Waals surface area contributed by atoms with Gasteiger partial charge in [0.05, 0.1) is 13.2 Å². The number of benzene rings is 3. The number of piperazine rings is 1. The van der Waals surface area contributed by atoms with Gasteiger partial charge in [-0.05, 0) is 41.0 Å². The molecule has 1 unspecified atom stereocenters. The van der Waals surface area contributed by atoms with Crippen molar-refractivity contribution in [2.45, 2.75) is 12.6 Å². The van der Waals surface area contributed by atoms with Crippen molar-refractivity contribution in [3.8, 4) is 11.5 Å². The molecule has 1 saturated heterocycles. The van der Waals surface area contributed by atoms with Gasteiger partial charge in [0.15, 0.2) is 0 Å². The van der Waals surface area contributed by atoms with E-state index in [9.17, 15) is 0 Å². The molecule has 1 atom stereocenters. The molecule has 1 aliphatic heterocycles. The van der Waals surface area contributed by atoms with Crippen LogP contribution in [0.2, 0.25) is 0 Å². The predicted molar refractivity (Wildman–Crippen MR) is 116 cm³/mol. The van der Waals surface area contributed by atoms with Gasteiger partial charge in [0.2, 0.25) is 0 Å². The van der Waals surface area contributed by atoms with E-state index in [1.165, 1.54) is 16.7 Å². The van der Waals surface area contributed by atoms with Gasteiger partial charge >= 0.3 is 0 Å². The van der Waals surface area contributed by atoms with E-state index in [0.29, 0.717) is 6.61 Å². The Kier molecular flexibility index (Phi) is 6.45. The largest absolute Gasteiger partial charge is 0.497 e. The number of methoxy groups -OCH3 is 1. The first-order chi connectivity index (χ1) is 14.3. The molecule has 29 heavy (non-hydrogen) atoms. The van der Waals surface area contributed by atoms with Gasteiger partial charge < -0.3 is 14.8 Å². The third kappa shape index (κ3) is 4.97. The van der Waals surface area contributed by atoms with Gasteiger partial charge in [-0.25, -0.2) is 0 Å². The summed E-state index contributed by atoms with van der Waals surface area (Å²) in [5, 5.41) is 3.45. The van der Waals surface area contributed by atoms with Crippen LogP contribution in [-0.2, 0) is 6.61 Å². The molecule has 0 bridgehead atoms. The maximum absolute atomic E-state index is 5.97. The second-order valence-corrected chi connectivity index (χ2v) is 7.31. The molecule has 1 fully saturated rings. The first-order valence-corrected chi connectivity index (χ1v) is 10.2. The summed E-state index contributed by atoms with van der Waals surface area (Å²) in [6.45, 7) is 4.65. The molecule has 0 aromatic heterocycles. The second kappa shape index (κ2) is 9.59. The molecule has 0 aliphatic carbocycles. The van der Waals surface area contributed by atoms with Crippen molar-refractivity contribution in [2.75, 3.05) is 33.3 Å². The average molecular weight is 389 g/mol. The van der Waals surface area contributed by atoms with Crippen molar-refractivity contribution in [1.82, 2.24) is 10.2 Å². The number of nitrogens with zero attached hydrogens (tertiary/aromatic N) is 1. The van der Waals surface area contributed by atoms with E-state index in [1.807, 2.05) is 24.3 Å². The highest BCUT2D eigenvalue weighted by molar-refractivity contribution is 5.39. The first-order valence-electron chi connectivity index (χ1n) is 10.2. The van der Waals surface area contributed by atoms with Crippen molar-refractivity contribution in [3.05, 3.63) is 95.6 Å². The molecule has 1 heterocycles. The van der Waals surface area contributed by atoms with Gasteiger partial charge in [0, 0.05) is 26.2 Å². The monoisotopic (exact) mass is 388 g/mol. The molecule has 0 amide bonds. The van der Waals surface area contributed by atoms with Crippen molar-refractivity contribution >= 4 is 0 Å². The fourth-order valence-electron chi connectivity index (χ4n) is 3.85. The van der Waals surface area contributed by atoms with E-state index in [-0.39, 0.29) is 6.04 Å². The standard InChI is InChI=1S/C25H28N2O2/c1-28-24-9-5-8-22(18-24)25(27-16-14-26-15-17-27)21-10-12-23(13-11-21)29-19-20-6-3-2-4-7-20/h2-13,18,25-26H,14-17,19H2,1H3. The topological polar surface area (TPSA) is 33.7 Å². The summed E-state index contributed by atoms with van der Waals surface area (Å²) in [7, 11) is 1.72. The van der Waals surface area contributed by atoms with E-state index in [2.05, 4.69) is 64.8 Å². The SMILES string of the molecule is COc1cccc(C(c2ccc(OCc3ccccc3)cc2)N2CCNCC2)c1. The lowest BCUT2D eigenvalue weighted by molar-refractivity contribution is 0.198. The summed E-state index contributed by atoms with van der Waals surface area (Å²) >= 11 is 0. The van der Waals surface area contributed by atoms with Crippen molar-refractivity contribution in [1.29, 1.82) is 0 Å². The molecule has 0 radical (unpaired) electrons. The van der Waals surface area contributed by atoms with Gasteiger partial charge in [-0.15, -0.1) is 0 Å². The lowest BCUT2D eigenvalue weighted by atomic mass is 9.96. The Bertz CT molecular complexity index is 890. The molecule has 4 rings (SSSR count). The van der Waals surface area contributed by atoms with E-state index in [4.69, 9.17) is 9.47 Å². The minimum atomic E-state index is 0.204. The van der Waals surface area contributed by atoms with Crippen LogP contribution < -0.4 is 14.8 Å². The maximum Gasteiger partial charge on any atom is 0.119 e. The quantitative estimate of drug-likeness (QED) is 0.655. The highest BCUT2D eigenvalue weighted by Crippen LogP contribution is 2.32. The average Bonchev–Trinajstić information content (AvgIpc) is 2.80. The summed E-state index contributed by atoms with van der Waals surface area (Å²) in [5.41, 5.74) is 3.70. The number of ether oxygens (including phenoxy) is 2. The molecular weight excluding hydrogens is 360 g/mol. The van der Waals surface area contributed by atoms with Crippen LogP contribution in [0.15, 0.2) is 78.9 Å². The molecule has 3 aromatic carbocycles. The Hall–Kier alpha value is -2.82. The van der Waals surface area contributed by atoms with Gasteiger partial charge in [-0.1, -0.05) is 54.6 Å². The van der Waals surface area contributed by atoms with Crippen molar-refractivity contribution in [2.24, 2.45) is 0 Å². The van der Waals surface area contributed by atoms with E-state index < -0.39 is 0 Å². The molecule has 0 saturated carbocycles. The van der Waals surface area contributed by atoms with Crippen LogP contribution in [0.3, 0.4) is 0 Å². The van der Waals surface area contributed by atoms with Crippen LogP contribution in [0.5, 0.6) is 11.5 Å². The zero-order chi connectivity index (χ0) is 19.9. The van der Waals surface area contributed by atoms with Gasteiger partial charge in [0.25, 0.3) is 0 Å². The zero-order valence-corrected chi connectivity index (χ0v) is 16.9. The van der Waals surface area contributed by atoms with Crippen LogP contribution in [0.25, 0.3) is 0 Å². The Morgan fingerprint density at radius 2 is 1.59 bits per heavy atom. The fraction of sp³-hybridized carbons (Fsp3) is 0.280. The molecular formula is C25H28N2O2. The predicted octanol–water partition coefficient (Wildman–Crippen LogP) is 4.27. The van der Waals surface area contributed by atoms with Crippen LogP contribution in [0.4, 0.5) is 0 Å². The van der Waals surface area contributed by atoms with E-state index in [1.54, 1.807) is 7.11 Å². The minimum absolute atomic E-state index is 0.204. The highest BCUT2D eigenvalue weighted by Gasteiger charge is 2.24. The highest BCUT2D eigenvalue weighted by atomic mass is 16.5. The summed E-state index contributed by atoms with van der Waals surface area (Å²) in [6, 6.07) is 27.4. The molecule has 0 spiro atoms. The summed E-state index contributed by atoms with van der Waals surface area (Å²) in [6.07, 6.45) is 0. The molecule has 1 aliphatic rings. The molecule has 3 aromatic rings. The fourth-order valence-corrected chi connectivity index (χ4v) is 3.85. The van der Waals surface area contributed by atoms with Crippen molar-refractivity contribution in [3.63, 3.8) is 0 Å². The smallest absolute Gasteiger partial charge is 0.119 e. The minimum Gasteiger partial charge on any atom is -0.497 e. The van der Waals surface area contributed by atoms with Crippen LogP contribution in [-0.4, -0.2) is 38.2 Å². The summed E-state index contributed by atoms with van der Waals surface area (Å²) < 4.78 is 11.4. The first kappa shape index (κ1) is 19.5. The molecule has 1 N–H and O–H groups in total. The van der Waals surface area contributed by atoms with Crippen LogP contribution in [0.1, 0.15) is 22.7 Å². The van der Waals surface area contributed by atoms with Gasteiger partial charge in [-0.2, -0.15) is 0 Å². The zero-order valence-electron chi connectivity index (χ0n) is 16.9. The maximum atomic E-state index is 5.97. The third-order valence-corrected chi connectivity index (χ3v) is 5.37. The Morgan fingerprint density at radius 3 is 2.31 bits per heavy atom. The molecule has 4 nitrogen and oxygen atoms in total. The molecule has 150 valence electrons. The lowest BCUT2D eigenvalue weighted by Crippen LogP contribution is -2.45. The van der Waals surface area contributed by atoms with E-state index in [0.717, 1.165) is 37.7 Å². The summed E-state index contributed by atoms with van der Waals surface area (Å²) in [4.78, 5) is 2.53. The third-order valence-electron chi connectivity index (χ3n) is 5.37. The number of nitrogens with one attached hydrogen (secondary N) is 1.